The Hall–Kier alpha value is -0.340. The third-order valence-corrected chi connectivity index (χ3v) is 3.09. The van der Waals surface area contributed by atoms with E-state index >= 15 is 0 Å². The number of carbonyl (C=O) groups excluding carboxylic acids is 1. The van der Waals surface area contributed by atoms with Crippen LogP contribution in [-0.2, 0) is 11.2 Å². The molecular weight excluding hydrogens is 287 g/mol. The van der Waals surface area contributed by atoms with Crippen LogP contribution < -0.4 is 0 Å². The summed E-state index contributed by atoms with van der Waals surface area (Å²) in [5.74, 6) is -0.121. The van der Waals surface area contributed by atoms with Crippen molar-refractivity contribution in [3.63, 3.8) is 0 Å². The highest BCUT2D eigenvalue weighted by molar-refractivity contribution is 9.10. The molecule has 0 heterocycles. The van der Waals surface area contributed by atoms with Crippen molar-refractivity contribution >= 4 is 32.8 Å². The molecule has 0 saturated heterocycles. The van der Waals surface area contributed by atoms with Crippen LogP contribution >= 0.6 is 27.5 Å². The van der Waals surface area contributed by atoms with E-state index in [2.05, 4.69) is 15.9 Å². The van der Waals surface area contributed by atoms with Gasteiger partial charge in [0.1, 0.15) is 0 Å². The molecule has 1 rings (SSSR count). The standard InChI is InChI=1S/C11H12BrClO.C2H6/c1-7-3-4-10(12)6-9(7)5-8(2)11(13)14;1-2/h3-4,6,8H,5H2,1-2H3;1-2H3. The zero-order valence-corrected chi connectivity index (χ0v) is 12.5. The minimum absolute atomic E-state index is 0.121. The molecule has 1 atom stereocenters. The largest absolute Gasteiger partial charge is 0.281 e. The quantitative estimate of drug-likeness (QED) is 0.738. The van der Waals surface area contributed by atoms with Gasteiger partial charge in [-0.05, 0) is 48.2 Å². The Labute approximate surface area is 111 Å². The minimum Gasteiger partial charge on any atom is -0.281 e. The van der Waals surface area contributed by atoms with E-state index in [1.165, 1.54) is 11.1 Å². The molecule has 0 N–H and O–H groups in total. The maximum Gasteiger partial charge on any atom is 0.224 e. The zero-order valence-electron chi connectivity index (χ0n) is 10.2. The van der Waals surface area contributed by atoms with Gasteiger partial charge in [0.05, 0.1) is 0 Å². The van der Waals surface area contributed by atoms with E-state index in [1.807, 2.05) is 45.9 Å². The molecule has 0 bridgehead atoms. The van der Waals surface area contributed by atoms with Gasteiger partial charge in [-0.15, -0.1) is 0 Å². The van der Waals surface area contributed by atoms with E-state index in [-0.39, 0.29) is 11.2 Å². The highest BCUT2D eigenvalue weighted by Gasteiger charge is 2.12. The second kappa shape index (κ2) is 7.86. The maximum absolute atomic E-state index is 10.9. The summed E-state index contributed by atoms with van der Waals surface area (Å²) >= 11 is 8.82. The summed E-state index contributed by atoms with van der Waals surface area (Å²) in [6.07, 6.45) is 0.702. The average molecular weight is 306 g/mol. The number of aryl methyl sites for hydroxylation is 1. The van der Waals surface area contributed by atoms with E-state index in [1.54, 1.807) is 0 Å². The summed E-state index contributed by atoms with van der Waals surface area (Å²) in [6, 6.07) is 6.06. The molecular formula is C13H18BrClO. The van der Waals surface area contributed by atoms with E-state index in [9.17, 15) is 4.79 Å². The first-order valence-electron chi connectivity index (χ1n) is 5.45. The molecule has 16 heavy (non-hydrogen) atoms. The zero-order chi connectivity index (χ0) is 12.7. The third kappa shape index (κ3) is 5.13. The molecule has 0 saturated carbocycles. The Morgan fingerprint density at radius 3 is 2.50 bits per heavy atom. The monoisotopic (exact) mass is 304 g/mol. The van der Waals surface area contributed by atoms with Gasteiger partial charge in [0.25, 0.3) is 0 Å². The minimum atomic E-state index is -0.274. The van der Waals surface area contributed by atoms with Crippen molar-refractivity contribution in [2.75, 3.05) is 0 Å². The normalized spacial score (nSPS) is 11.4. The molecule has 1 aromatic rings. The molecule has 1 unspecified atom stereocenters. The molecule has 0 aliphatic carbocycles. The molecule has 0 aromatic heterocycles. The molecule has 90 valence electrons. The van der Waals surface area contributed by atoms with Crippen LogP contribution in [0.15, 0.2) is 22.7 Å². The highest BCUT2D eigenvalue weighted by atomic mass is 79.9. The Bertz CT molecular complexity index is 350. The lowest BCUT2D eigenvalue weighted by atomic mass is 9.98. The van der Waals surface area contributed by atoms with Crippen LogP contribution in [0.2, 0.25) is 0 Å². The van der Waals surface area contributed by atoms with Gasteiger partial charge in [0, 0.05) is 10.4 Å². The lowest BCUT2D eigenvalue weighted by Crippen LogP contribution is -2.08. The SMILES string of the molecule is CC.Cc1ccc(Br)cc1CC(C)C(=O)Cl. The van der Waals surface area contributed by atoms with Crippen LogP contribution in [-0.4, -0.2) is 5.24 Å². The molecule has 0 aliphatic heterocycles. The topological polar surface area (TPSA) is 17.1 Å². The summed E-state index contributed by atoms with van der Waals surface area (Å²) in [4.78, 5) is 10.9. The van der Waals surface area contributed by atoms with Crippen LogP contribution in [0.25, 0.3) is 0 Å². The van der Waals surface area contributed by atoms with Gasteiger partial charge in [-0.25, -0.2) is 0 Å². The predicted octanol–water partition coefficient (Wildman–Crippen LogP) is 4.73. The van der Waals surface area contributed by atoms with E-state index in [0.29, 0.717) is 6.42 Å². The fourth-order valence-corrected chi connectivity index (χ4v) is 1.76. The average Bonchev–Trinajstić information content (AvgIpc) is 2.26. The summed E-state index contributed by atoms with van der Waals surface area (Å²) in [6.45, 7) is 7.88. The highest BCUT2D eigenvalue weighted by Crippen LogP contribution is 2.19. The molecule has 0 spiro atoms. The molecule has 0 amide bonds. The van der Waals surface area contributed by atoms with Crippen molar-refractivity contribution in [2.45, 2.75) is 34.1 Å². The summed E-state index contributed by atoms with van der Waals surface area (Å²) in [7, 11) is 0. The van der Waals surface area contributed by atoms with Gasteiger partial charge < -0.3 is 0 Å². The van der Waals surface area contributed by atoms with Crippen LogP contribution in [0.5, 0.6) is 0 Å². The smallest absolute Gasteiger partial charge is 0.224 e. The fourth-order valence-electron chi connectivity index (χ4n) is 1.27. The van der Waals surface area contributed by atoms with Crippen LogP contribution in [0, 0.1) is 12.8 Å². The van der Waals surface area contributed by atoms with E-state index < -0.39 is 0 Å². The van der Waals surface area contributed by atoms with Gasteiger partial charge >= 0.3 is 0 Å². The number of halogens is 2. The molecule has 0 radical (unpaired) electrons. The number of rotatable bonds is 3. The second-order valence-corrected chi connectivity index (χ2v) is 4.77. The Balaban J connectivity index is 0.00000106. The van der Waals surface area contributed by atoms with Crippen LogP contribution in [0.4, 0.5) is 0 Å². The van der Waals surface area contributed by atoms with Crippen molar-refractivity contribution in [3.8, 4) is 0 Å². The van der Waals surface area contributed by atoms with Crippen molar-refractivity contribution < 1.29 is 4.79 Å². The number of hydrogen-bond donors (Lipinski definition) is 0. The summed E-state index contributed by atoms with van der Waals surface area (Å²) in [5.41, 5.74) is 2.36. The first kappa shape index (κ1) is 15.7. The molecule has 3 heteroatoms. The third-order valence-electron chi connectivity index (χ3n) is 2.22. The van der Waals surface area contributed by atoms with Gasteiger partial charge in [0.15, 0.2) is 0 Å². The molecule has 0 fully saturated rings. The number of benzene rings is 1. The Morgan fingerprint density at radius 1 is 1.44 bits per heavy atom. The predicted molar refractivity (Wildman–Crippen MR) is 74.0 cm³/mol. The van der Waals surface area contributed by atoms with Gasteiger partial charge in [0.2, 0.25) is 5.24 Å². The number of carbonyl (C=O) groups is 1. The molecule has 0 aliphatic rings. The summed E-state index contributed by atoms with van der Waals surface area (Å²) in [5, 5.41) is -0.274. The lowest BCUT2D eigenvalue weighted by Gasteiger charge is -2.09. The molecule has 1 aromatic carbocycles. The first-order chi connectivity index (χ1) is 7.50. The Morgan fingerprint density at radius 2 is 2.00 bits per heavy atom. The van der Waals surface area contributed by atoms with E-state index in [4.69, 9.17) is 11.6 Å². The van der Waals surface area contributed by atoms with Crippen LogP contribution in [0.1, 0.15) is 31.9 Å². The summed E-state index contributed by atoms with van der Waals surface area (Å²) < 4.78 is 1.03. The molecule has 1 nitrogen and oxygen atoms in total. The Kier molecular flexibility index (Phi) is 7.69. The van der Waals surface area contributed by atoms with Crippen molar-refractivity contribution in [2.24, 2.45) is 5.92 Å². The van der Waals surface area contributed by atoms with Gasteiger partial charge in [-0.1, -0.05) is 42.8 Å². The first-order valence-corrected chi connectivity index (χ1v) is 6.62. The van der Waals surface area contributed by atoms with Crippen molar-refractivity contribution in [1.82, 2.24) is 0 Å². The lowest BCUT2D eigenvalue weighted by molar-refractivity contribution is -0.114. The van der Waals surface area contributed by atoms with E-state index in [0.717, 1.165) is 4.47 Å². The number of hydrogen-bond acceptors (Lipinski definition) is 1. The van der Waals surface area contributed by atoms with Crippen molar-refractivity contribution in [1.29, 1.82) is 0 Å². The maximum atomic E-state index is 10.9. The van der Waals surface area contributed by atoms with Crippen LogP contribution in [0.3, 0.4) is 0 Å². The second-order valence-electron chi connectivity index (χ2n) is 3.48. The van der Waals surface area contributed by atoms with Gasteiger partial charge in [-0.2, -0.15) is 0 Å². The van der Waals surface area contributed by atoms with Gasteiger partial charge in [-0.3, -0.25) is 4.79 Å². The fraction of sp³-hybridized carbons (Fsp3) is 0.462. The van der Waals surface area contributed by atoms with Crippen molar-refractivity contribution in [3.05, 3.63) is 33.8 Å².